The highest BCUT2D eigenvalue weighted by Gasteiger charge is 2.27. The van der Waals surface area contributed by atoms with Crippen LogP contribution >= 0.6 is 0 Å². The van der Waals surface area contributed by atoms with Crippen molar-refractivity contribution in [3.8, 4) is 11.5 Å². The van der Waals surface area contributed by atoms with Gasteiger partial charge < -0.3 is 14.0 Å². The molecule has 1 saturated carbocycles. The number of fused-ring (bicyclic) bond motifs is 1. The van der Waals surface area contributed by atoms with Gasteiger partial charge in [0, 0.05) is 30.0 Å². The molecule has 0 radical (unpaired) electrons. The van der Waals surface area contributed by atoms with E-state index >= 15 is 0 Å². The van der Waals surface area contributed by atoms with E-state index in [1.165, 1.54) is 41.9 Å². The summed E-state index contributed by atoms with van der Waals surface area (Å²) in [5, 5.41) is 0. The molecule has 6 nitrogen and oxygen atoms in total. The molecule has 0 saturated heterocycles. The van der Waals surface area contributed by atoms with Crippen molar-refractivity contribution < 1.29 is 17.9 Å². The van der Waals surface area contributed by atoms with Crippen LogP contribution in [0.1, 0.15) is 35.8 Å². The van der Waals surface area contributed by atoms with Crippen molar-refractivity contribution in [1.82, 2.24) is 9.29 Å². The van der Waals surface area contributed by atoms with Crippen LogP contribution in [-0.2, 0) is 16.4 Å². The molecule has 134 valence electrons. The molecule has 2 heterocycles. The molecule has 1 aliphatic heterocycles. The summed E-state index contributed by atoms with van der Waals surface area (Å²) < 4.78 is 40.5. The molecular weight excluding hydrogens is 340 g/mol. The number of nitrogens with zero attached hydrogens (tertiary/aromatic N) is 1. The summed E-state index contributed by atoms with van der Waals surface area (Å²) in [6.07, 6.45) is 3.16. The van der Waals surface area contributed by atoms with Gasteiger partial charge in [0.15, 0.2) is 11.5 Å². The number of rotatable bonds is 6. The maximum Gasteiger partial charge on any atom is 0.240 e. The number of benzene rings is 1. The Morgan fingerprint density at radius 1 is 1.16 bits per heavy atom. The Kier molecular flexibility index (Phi) is 4.00. The minimum absolute atomic E-state index is 0.128. The van der Waals surface area contributed by atoms with Gasteiger partial charge in [0.25, 0.3) is 0 Å². The third-order valence-electron chi connectivity index (χ3n) is 4.84. The zero-order valence-corrected chi connectivity index (χ0v) is 15.2. The van der Waals surface area contributed by atoms with E-state index in [4.69, 9.17) is 9.47 Å². The number of aromatic nitrogens is 1. The first-order valence-corrected chi connectivity index (χ1v) is 10.0. The Hall–Kier alpha value is -1.99. The lowest BCUT2D eigenvalue weighted by Crippen LogP contribution is -2.26. The second-order valence-electron chi connectivity index (χ2n) is 6.66. The normalized spacial score (nSPS) is 16.4. The summed E-state index contributed by atoms with van der Waals surface area (Å²) in [5.41, 5.74) is 3.72. The first-order valence-electron chi connectivity index (χ1n) is 8.52. The Morgan fingerprint density at radius 2 is 1.92 bits per heavy atom. The highest BCUT2D eigenvalue weighted by Crippen LogP contribution is 2.38. The van der Waals surface area contributed by atoms with Gasteiger partial charge in [0.2, 0.25) is 16.8 Å². The van der Waals surface area contributed by atoms with Crippen molar-refractivity contribution in [3.05, 3.63) is 41.2 Å². The molecule has 0 amide bonds. The quantitative estimate of drug-likeness (QED) is 0.858. The Morgan fingerprint density at radius 3 is 2.68 bits per heavy atom. The Balaban J connectivity index is 1.43. The van der Waals surface area contributed by atoms with Gasteiger partial charge in [-0.2, -0.15) is 0 Å². The molecule has 0 spiro atoms. The summed E-state index contributed by atoms with van der Waals surface area (Å²) >= 11 is 0. The molecule has 1 fully saturated rings. The minimum atomic E-state index is -3.56. The van der Waals surface area contributed by atoms with Crippen LogP contribution in [0.25, 0.3) is 0 Å². The van der Waals surface area contributed by atoms with E-state index in [2.05, 4.69) is 29.2 Å². The van der Waals surface area contributed by atoms with Gasteiger partial charge in [-0.25, -0.2) is 13.1 Å². The van der Waals surface area contributed by atoms with Crippen molar-refractivity contribution in [2.45, 2.75) is 44.0 Å². The van der Waals surface area contributed by atoms with Crippen LogP contribution in [0.3, 0.4) is 0 Å². The van der Waals surface area contributed by atoms with Crippen molar-refractivity contribution in [2.75, 3.05) is 13.3 Å². The van der Waals surface area contributed by atoms with Gasteiger partial charge in [-0.15, -0.1) is 0 Å². The number of hydrogen-bond donors (Lipinski definition) is 1. The van der Waals surface area contributed by atoms with Gasteiger partial charge in [0.1, 0.15) is 0 Å². The van der Waals surface area contributed by atoms with Crippen LogP contribution in [0.4, 0.5) is 0 Å². The maximum atomic E-state index is 12.5. The lowest BCUT2D eigenvalue weighted by atomic mass is 10.2. The average Bonchev–Trinajstić information content (AvgIpc) is 3.21. The van der Waals surface area contributed by atoms with Crippen LogP contribution in [0, 0.1) is 13.8 Å². The molecule has 1 aliphatic carbocycles. The van der Waals surface area contributed by atoms with E-state index in [1.807, 2.05) is 0 Å². The fourth-order valence-electron chi connectivity index (χ4n) is 3.44. The zero-order chi connectivity index (χ0) is 17.6. The van der Waals surface area contributed by atoms with Gasteiger partial charge >= 0.3 is 0 Å². The molecular formula is C18H22N2O4S. The zero-order valence-electron chi connectivity index (χ0n) is 14.4. The van der Waals surface area contributed by atoms with Crippen molar-refractivity contribution in [2.24, 2.45) is 0 Å². The van der Waals surface area contributed by atoms with Gasteiger partial charge in [-0.3, -0.25) is 0 Å². The van der Waals surface area contributed by atoms with Crippen molar-refractivity contribution in [1.29, 1.82) is 0 Å². The molecule has 1 N–H and O–H groups in total. The lowest BCUT2D eigenvalue weighted by molar-refractivity contribution is 0.174. The lowest BCUT2D eigenvalue weighted by Gasteiger charge is -2.09. The summed E-state index contributed by atoms with van der Waals surface area (Å²) in [7, 11) is -3.56. The minimum Gasteiger partial charge on any atom is -0.454 e. The Labute approximate surface area is 147 Å². The predicted octanol–water partition coefficient (Wildman–Crippen LogP) is 2.69. The van der Waals surface area contributed by atoms with E-state index in [1.54, 1.807) is 6.07 Å². The summed E-state index contributed by atoms with van der Waals surface area (Å²) in [5.74, 6) is 1.04. The number of ether oxygens (including phenoxy) is 2. The molecule has 25 heavy (non-hydrogen) atoms. The second kappa shape index (κ2) is 6.07. The van der Waals surface area contributed by atoms with Crippen LogP contribution in [0.5, 0.6) is 11.5 Å². The average molecular weight is 362 g/mol. The summed E-state index contributed by atoms with van der Waals surface area (Å²) in [6.45, 7) is 4.73. The van der Waals surface area contributed by atoms with E-state index in [0.29, 0.717) is 30.5 Å². The van der Waals surface area contributed by atoms with Gasteiger partial charge in [-0.1, -0.05) is 0 Å². The molecule has 1 aromatic carbocycles. The van der Waals surface area contributed by atoms with E-state index in [-0.39, 0.29) is 11.7 Å². The van der Waals surface area contributed by atoms with Gasteiger partial charge in [0.05, 0.1) is 4.90 Å². The largest absolute Gasteiger partial charge is 0.454 e. The summed E-state index contributed by atoms with van der Waals surface area (Å²) in [4.78, 5) is 0.195. The van der Waals surface area contributed by atoms with Crippen LogP contribution in [0.15, 0.2) is 29.2 Å². The monoisotopic (exact) mass is 362 g/mol. The molecule has 2 aromatic rings. The number of hydrogen-bond acceptors (Lipinski definition) is 4. The molecule has 7 heteroatoms. The van der Waals surface area contributed by atoms with Gasteiger partial charge in [-0.05, 0) is 56.9 Å². The molecule has 4 rings (SSSR count). The Bertz CT molecular complexity index is 913. The predicted molar refractivity (Wildman–Crippen MR) is 93.6 cm³/mol. The summed E-state index contributed by atoms with van der Waals surface area (Å²) in [6, 6.07) is 7.47. The van der Waals surface area contributed by atoms with Crippen molar-refractivity contribution in [3.63, 3.8) is 0 Å². The third kappa shape index (κ3) is 3.14. The third-order valence-corrected chi connectivity index (χ3v) is 6.30. The first kappa shape index (κ1) is 16.5. The number of sulfonamides is 1. The van der Waals surface area contributed by atoms with Crippen LogP contribution in [-0.4, -0.2) is 26.3 Å². The number of aryl methyl sites for hydroxylation is 1. The van der Waals surface area contributed by atoms with E-state index in [0.717, 1.165) is 0 Å². The van der Waals surface area contributed by atoms with Crippen molar-refractivity contribution >= 4 is 10.0 Å². The van der Waals surface area contributed by atoms with Crippen LogP contribution in [0.2, 0.25) is 0 Å². The fraction of sp³-hybridized carbons (Fsp3) is 0.444. The highest BCUT2D eigenvalue weighted by molar-refractivity contribution is 7.89. The molecule has 0 unspecified atom stereocenters. The van der Waals surface area contributed by atoms with E-state index < -0.39 is 10.0 Å². The van der Waals surface area contributed by atoms with Crippen LogP contribution < -0.4 is 14.2 Å². The maximum absolute atomic E-state index is 12.5. The molecule has 0 bridgehead atoms. The number of nitrogens with one attached hydrogen (secondary N) is 1. The van der Waals surface area contributed by atoms with E-state index in [9.17, 15) is 8.42 Å². The topological polar surface area (TPSA) is 69.6 Å². The standard InChI is InChI=1S/C18H22N2O4S/c1-12-9-14(13(2)20(12)15-3-4-15)7-8-19-25(21,22)16-5-6-17-18(10-16)24-11-23-17/h5-6,9-10,15,19H,3-4,7-8,11H2,1-2H3. The fourth-order valence-corrected chi connectivity index (χ4v) is 4.49. The molecule has 0 atom stereocenters. The smallest absolute Gasteiger partial charge is 0.240 e. The molecule has 1 aromatic heterocycles. The first-order chi connectivity index (χ1) is 12.0. The SMILES string of the molecule is Cc1cc(CCNS(=O)(=O)c2ccc3c(c2)OCO3)c(C)n1C1CC1. The highest BCUT2D eigenvalue weighted by atomic mass is 32.2. The molecule has 2 aliphatic rings. The second-order valence-corrected chi connectivity index (χ2v) is 8.43.